The second kappa shape index (κ2) is 7.38. The van der Waals surface area contributed by atoms with Crippen molar-refractivity contribution in [3.05, 3.63) is 17.4 Å². The maximum atomic E-state index is 9.07. The average Bonchev–Trinajstić information content (AvgIpc) is 2.60. The standard InChI is InChI=1S/C16H21ClN4O3/c1-23-13-9-11-12(10-14(13)24-2)18-16(17)19-15(11)21-5-3-20(4-6-21)7-8-22/h9-10,22H,3-8H2,1-2H3. The molecule has 1 aliphatic rings. The molecule has 8 heteroatoms. The number of methoxy groups -OCH3 is 2. The maximum Gasteiger partial charge on any atom is 0.224 e. The summed E-state index contributed by atoms with van der Waals surface area (Å²) in [6.45, 7) is 4.25. The number of hydrogen-bond donors (Lipinski definition) is 1. The maximum absolute atomic E-state index is 9.07. The van der Waals surface area contributed by atoms with Crippen molar-refractivity contribution in [1.29, 1.82) is 0 Å². The minimum Gasteiger partial charge on any atom is -0.493 e. The Bertz CT molecular complexity index is 720. The third-order valence-electron chi connectivity index (χ3n) is 4.24. The molecule has 0 atom stereocenters. The Labute approximate surface area is 145 Å². The molecular weight excluding hydrogens is 332 g/mol. The van der Waals surface area contributed by atoms with Crippen molar-refractivity contribution in [3.8, 4) is 11.5 Å². The summed E-state index contributed by atoms with van der Waals surface area (Å²) in [5.74, 6) is 2.05. The lowest BCUT2D eigenvalue weighted by Gasteiger charge is -2.35. The van der Waals surface area contributed by atoms with E-state index in [-0.39, 0.29) is 11.9 Å². The minimum absolute atomic E-state index is 0.180. The smallest absolute Gasteiger partial charge is 0.224 e. The van der Waals surface area contributed by atoms with Crippen molar-refractivity contribution in [2.24, 2.45) is 0 Å². The van der Waals surface area contributed by atoms with Crippen LogP contribution in [-0.2, 0) is 0 Å². The molecule has 1 aromatic heterocycles. The number of β-amino-alcohol motifs (C(OH)–C–C–N with tert-alkyl or cyclic N) is 1. The number of halogens is 1. The van der Waals surface area contributed by atoms with Crippen LogP contribution in [0.5, 0.6) is 11.5 Å². The molecule has 0 bridgehead atoms. The van der Waals surface area contributed by atoms with E-state index in [1.54, 1.807) is 14.2 Å². The van der Waals surface area contributed by atoms with Crippen LogP contribution in [-0.4, -0.2) is 73.5 Å². The summed E-state index contributed by atoms with van der Waals surface area (Å²) in [5.41, 5.74) is 0.723. The second-order valence-electron chi connectivity index (χ2n) is 5.59. The van der Waals surface area contributed by atoms with E-state index in [0.29, 0.717) is 18.0 Å². The highest BCUT2D eigenvalue weighted by Gasteiger charge is 2.21. The molecule has 1 fully saturated rings. The molecular formula is C16H21ClN4O3. The van der Waals surface area contributed by atoms with E-state index in [2.05, 4.69) is 19.8 Å². The first-order chi connectivity index (χ1) is 11.7. The van der Waals surface area contributed by atoms with E-state index in [4.69, 9.17) is 26.2 Å². The number of ether oxygens (including phenoxy) is 2. The van der Waals surface area contributed by atoms with Gasteiger partial charge in [-0.3, -0.25) is 4.90 Å². The van der Waals surface area contributed by atoms with Gasteiger partial charge >= 0.3 is 0 Å². The highest BCUT2D eigenvalue weighted by molar-refractivity contribution is 6.28. The summed E-state index contributed by atoms with van der Waals surface area (Å²) in [5, 5.41) is 10.2. The SMILES string of the molecule is COc1cc2nc(Cl)nc(N3CCN(CCO)CC3)c2cc1OC. The normalized spacial score (nSPS) is 15.8. The summed E-state index contributed by atoms with van der Waals surface area (Å²) in [7, 11) is 3.20. The Morgan fingerprint density at radius 2 is 1.75 bits per heavy atom. The molecule has 0 unspecified atom stereocenters. The zero-order chi connectivity index (χ0) is 17.1. The lowest BCUT2D eigenvalue weighted by molar-refractivity contribution is 0.188. The van der Waals surface area contributed by atoms with Gasteiger partial charge in [0.2, 0.25) is 5.28 Å². The number of anilines is 1. The molecule has 0 saturated carbocycles. The molecule has 0 radical (unpaired) electrons. The number of aliphatic hydroxyl groups is 1. The monoisotopic (exact) mass is 352 g/mol. The van der Waals surface area contributed by atoms with Crippen molar-refractivity contribution in [2.75, 3.05) is 58.5 Å². The van der Waals surface area contributed by atoms with Crippen LogP contribution < -0.4 is 14.4 Å². The number of aliphatic hydroxyl groups excluding tert-OH is 1. The average molecular weight is 353 g/mol. The number of fused-ring (bicyclic) bond motifs is 1. The van der Waals surface area contributed by atoms with E-state index in [1.165, 1.54) is 0 Å². The van der Waals surface area contributed by atoms with E-state index >= 15 is 0 Å². The van der Waals surface area contributed by atoms with Crippen LogP contribution in [0.4, 0.5) is 5.82 Å². The molecule has 0 aliphatic carbocycles. The molecule has 1 N–H and O–H groups in total. The van der Waals surface area contributed by atoms with Crippen molar-refractivity contribution >= 4 is 28.3 Å². The van der Waals surface area contributed by atoms with Gasteiger partial charge in [-0.25, -0.2) is 4.98 Å². The summed E-state index contributed by atoms with van der Waals surface area (Å²) in [6.07, 6.45) is 0. The topological polar surface area (TPSA) is 71.0 Å². The van der Waals surface area contributed by atoms with Crippen LogP contribution in [0, 0.1) is 0 Å². The van der Waals surface area contributed by atoms with Gasteiger partial charge in [-0.05, 0) is 17.7 Å². The van der Waals surface area contributed by atoms with Gasteiger partial charge in [0.25, 0.3) is 0 Å². The highest BCUT2D eigenvalue weighted by atomic mass is 35.5. The molecule has 1 aliphatic heterocycles. The summed E-state index contributed by atoms with van der Waals surface area (Å²) < 4.78 is 10.7. The van der Waals surface area contributed by atoms with Gasteiger partial charge in [-0.1, -0.05) is 0 Å². The van der Waals surface area contributed by atoms with Gasteiger partial charge in [0.05, 0.1) is 26.3 Å². The Balaban J connectivity index is 1.98. The summed E-state index contributed by atoms with van der Waals surface area (Å²) in [4.78, 5) is 13.2. The van der Waals surface area contributed by atoms with Crippen LogP contribution in [0.3, 0.4) is 0 Å². The van der Waals surface area contributed by atoms with Crippen molar-refractivity contribution in [1.82, 2.24) is 14.9 Å². The van der Waals surface area contributed by atoms with Gasteiger partial charge in [0.1, 0.15) is 5.82 Å². The molecule has 0 spiro atoms. The highest BCUT2D eigenvalue weighted by Crippen LogP contribution is 2.35. The number of nitrogens with zero attached hydrogens (tertiary/aromatic N) is 4. The molecule has 24 heavy (non-hydrogen) atoms. The number of aromatic nitrogens is 2. The fourth-order valence-corrected chi connectivity index (χ4v) is 3.15. The van der Waals surface area contributed by atoms with E-state index in [0.717, 1.165) is 42.9 Å². The van der Waals surface area contributed by atoms with Crippen LogP contribution in [0.1, 0.15) is 0 Å². The summed E-state index contributed by atoms with van der Waals surface area (Å²) >= 11 is 6.13. The van der Waals surface area contributed by atoms with Crippen molar-refractivity contribution < 1.29 is 14.6 Å². The van der Waals surface area contributed by atoms with Crippen molar-refractivity contribution in [2.45, 2.75) is 0 Å². The number of rotatable bonds is 5. The van der Waals surface area contributed by atoms with E-state index in [9.17, 15) is 0 Å². The molecule has 1 aromatic carbocycles. The quantitative estimate of drug-likeness (QED) is 0.816. The van der Waals surface area contributed by atoms with Gasteiger partial charge in [-0.2, -0.15) is 4.98 Å². The minimum atomic E-state index is 0.180. The Hall–Kier alpha value is -1.83. The van der Waals surface area contributed by atoms with Gasteiger partial charge in [-0.15, -0.1) is 0 Å². The Morgan fingerprint density at radius 1 is 1.08 bits per heavy atom. The molecule has 130 valence electrons. The predicted octanol–water partition coefficient (Wildman–Crippen LogP) is 1.41. The Morgan fingerprint density at radius 3 is 2.38 bits per heavy atom. The predicted molar refractivity (Wildman–Crippen MR) is 93.4 cm³/mol. The molecule has 2 aromatic rings. The molecule has 1 saturated heterocycles. The molecule has 2 heterocycles. The summed E-state index contributed by atoms with van der Waals surface area (Å²) in [6, 6.07) is 3.70. The first kappa shape index (κ1) is 17.0. The van der Waals surface area contributed by atoms with E-state index < -0.39 is 0 Å². The first-order valence-corrected chi connectivity index (χ1v) is 8.21. The van der Waals surface area contributed by atoms with Gasteiger partial charge in [0, 0.05) is 44.2 Å². The number of piperazine rings is 1. The number of hydrogen-bond acceptors (Lipinski definition) is 7. The zero-order valence-electron chi connectivity index (χ0n) is 13.8. The molecule has 7 nitrogen and oxygen atoms in total. The fourth-order valence-electron chi connectivity index (χ4n) is 2.98. The zero-order valence-corrected chi connectivity index (χ0v) is 14.6. The lowest BCUT2D eigenvalue weighted by atomic mass is 10.2. The van der Waals surface area contributed by atoms with Crippen LogP contribution in [0.25, 0.3) is 10.9 Å². The van der Waals surface area contributed by atoms with E-state index in [1.807, 2.05) is 12.1 Å². The lowest BCUT2D eigenvalue weighted by Crippen LogP contribution is -2.47. The van der Waals surface area contributed by atoms with Crippen molar-refractivity contribution in [3.63, 3.8) is 0 Å². The fraction of sp³-hybridized carbons (Fsp3) is 0.500. The largest absolute Gasteiger partial charge is 0.493 e. The third kappa shape index (κ3) is 3.33. The third-order valence-corrected chi connectivity index (χ3v) is 4.41. The van der Waals surface area contributed by atoms with Gasteiger partial charge < -0.3 is 19.5 Å². The second-order valence-corrected chi connectivity index (χ2v) is 5.93. The molecule has 0 amide bonds. The Kier molecular flexibility index (Phi) is 5.23. The van der Waals surface area contributed by atoms with Crippen LogP contribution in [0.15, 0.2) is 12.1 Å². The number of benzene rings is 1. The van der Waals surface area contributed by atoms with Crippen LogP contribution >= 0.6 is 11.6 Å². The first-order valence-electron chi connectivity index (χ1n) is 7.83. The van der Waals surface area contributed by atoms with Gasteiger partial charge in [0.15, 0.2) is 11.5 Å². The van der Waals surface area contributed by atoms with Crippen LogP contribution in [0.2, 0.25) is 5.28 Å². The molecule has 3 rings (SSSR count).